The van der Waals surface area contributed by atoms with Crippen LogP contribution in [0.1, 0.15) is 48.6 Å². The van der Waals surface area contributed by atoms with E-state index in [2.05, 4.69) is 4.74 Å². The van der Waals surface area contributed by atoms with Gasteiger partial charge < -0.3 is 19.0 Å². The number of likely N-dealkylation sites (tertiary alicyclic amines) is 1. The van der Waals surface area contributed by atoms with Crippen molar-refractivity contribution in [3.63, 3.8) is 0 Å². The molecule has 1 fully saturated rings. The molecule has 0 bridgehead atoms. The van der Waals surface area contributed by atoms with Crippen molar-refractivity contribution in [2.45, 2.75) is 52.8 Å². The van der Waals surface area contributed by atoms with Crippen LogP contribution < -0.4 is 4.74 Å². The SMILES string of the molecule is Cc1ccc(CN(C(=O)[C@H]2CCCN(C(=O)c3ccccc3OC(F)F)C2)C(C)C)o1. The average Bonchev–Trinajstić information content (AvgIpc) is 3.15. The molecule has 1 atom stereocenters. The number of rotatable bonds is 7. The summed E-state index contributed by atoms with van der Waals surface area (Å²) in [5.74, 6) is 0.518. The van der Waals surface area contributed by atoms with E-state index in [9.17, 15) is 18.4 Å². The molecule has 1 saturated heterocycles. The molecule has 1 aliphatic rings. The number of carbonyl (C=O) groups excluding carboxylic acids is 2. The number of ether oxygens (including phenoxy) is 1. The molecular weight excluding hydrogens is 406 g/mol. The second-order valence-electron chi connectivity index (χ2n) is 8.04. The van der Waals surface area contributed by atoms with E-state index in [1.165, 1.54) is 18.2 Å². The Morgan fingerprint density at radius 1 is 1.23 bits per heavy atom. The Morgan fingerprint density at radius 2 is 1.97 bits per heavy atom. The predicted octanol–water partition coefficient (Wildman–Crippen LogP) is 4.48. The summed E-state index contributed by atoms with van der Waals surface area (Å²) in [5.41, 5.74) is 0.0719. The lowest BCUT2D eigenvalue weighted by Crippen LogP contribution is -2.48. The first kappa shape index (κ1) is 22.8. The maximum atomic E-state index is 13.3. The van der Waals surface area contributed by atoms with Crippen LogP contribution in [0.3, 0.4) is 0 Å². The Hall–Kier alpha value is -2.90. The van der Waals surface area contributed by atoms with E-state index < -0.39 is 12.5 Å². The Balaban J connectivity index is 1.73. The summed E-state index contributed by atoms with van der Waals surface area (Å²) in [6.07, 6.45) is 1.32. The minimum atomic E-state index is -3.02. The number of aryl methyl sites for hydroxylation is 1. The number of furan rings is 1. The smallest absolute Gasteiger partial charge is 0.387 e. The number of halogens is 2. The van der Waals surface area contributed by atoms with E-state index >= 15 is 0 Å². The zero-order valence-electron chi connectivity index (χ0n) is 18.0. The van der Waals surface area contributed by atoms with Crippen molar-refractivity contribution in [3.8, 4) is 5.75 Å². The molecular formula is C23H28F2N2O4. The number of piperidine rings is 1. The maximum absolute atomic E-state index is 13.3. The Morgan fingerprint density at radius 3 is 2.61 bits per heavy atom. The topological polar surface area (TPSA) is 63.0 Å². The van der Waals surface area contributed by atoms with Crippen LogP contribution in [-0.2, 0) is 11.3 Å². The van der Waals surface area contributed by atoms with E-state index in [-0.39, 0.29) is 35.7 Å². The second kappa shape index (κ2) is 9.94. The number of para-hydroxylation sites is 1. The van der Waals surface area contributed by atoms with Crippen LogP contribution in [0.15, 0.2) is 40.8 Å². The Kier molecular flexibility index (Phi) is 7.30. The lowest BCUT2D eigenvalue weighted by molar-refractivity contribution is -0.139. The lowest BCUT2D eigenvalue weighted by atomic mass is 9.95. The zero-order valence-corrected chi connectivity index (χ0v) is 18.0. The highest BCUT2D eigenvalue weighted by atomic mass is 19.3. The molecule has 0 aliphatic carbocycles. The van der Waals surface area contributed by atoms with Crippen molar-refractivity contribution < 1.29 is 27.5 Å². The van der Waals surface area contributed by atoms with Gasteiger partial charge in [0.05, 0.1) is 18.0 Å². The Bertz CT molecular complexity index is 912. The summed E-state index contributed by atoms with van der Waals surface area (Å²) in [6.45, 7) is 3.78. The highest BCUT2D eigenvalue weighted by Gasteiger charge is 2.33. The molecule has 2 aromatic rings. The largest absolute Gasteiger partial charge is 0.464 e. The third-order valence-electron chi connectivity index (χ3n) is 5.42. The van der Waals surface area contributed by atoms with E-state index in [1.54, 1.807) is 15.9 Å². The molecule has 168 valence electrons. The normalized spacial score (nSPS) is 16.6. The number of alkyl halides is 2. The van der Waals surface area contributed by atoms with Gasteiger partial charge in [-0.15, -0.1) is 0 Å². The summed E-state index contributed by atoms with van der Waals surface area (Å²) in [6, 6.07) is 9.62. The number of benzene rings is 1. The van der Waals surface area contributed by atoms with Crippen LogP contribution in [0.5, 0.6) is 5.75 Å². The summed E-state index contributed by atoms with van der Waals surface area (Å²) < 4.78 is 35.6. The lowest BCUT2D eigenvalue weighted by Gasteiger charge is -2.36. The van der Waals surface area contributed by atoms with Crippen LogP contribution in [0.25, 0.3) is 0 Å². The summed E-state index contributed by atoms with van der Waals surface area (Å²) >= 11 is 0. The van der Waals surface area contributed by atoms with Gasteiger partial charge in [-0.25, -0.2) is 0 Å². The molecule has 0 radical (unpaired) electrons. The molecule has 1 aromatic heterocycles. The summed E-state index contributed by atoms with van der Waals surface area (Å²) in [4.78, 5) is 29.6. The minimum absolute atomic E-state index is 0.0378. The fourth-order valence-electron chi connectivity index (χ4n) is 3.86. The minimum Gasteiger partial charge on any atom is -0.464 e. The van der Waals surface area contributed by atoms with Gasteiger partial charge in [-0.3, -0.25) is 9.59 Å². The molecule has 8 heteroatoms. The summed E-state index contributed by atoms with van der Waals surface area (Å²) in [7, 11) is 0. The van der Waals surface area contributed by atoms with Crippen molar-refractivity contribution in [1.82, 2.24) is 9.80 Å². The third-order valence-corrected chi connectivity index (χ3v) is 5.42. The van der Waals surface area contributed by atoms with Crippen LogP contribution in [-0.4, -0.2) is 47.4 Å². The molecule has 0 spiro atoms. The second-order valence-corrected chi connectivity index (χ2v) is 8.04. The Labute approximate surface area is 180 Å². The van der Waals surface area contributed by atoms with Gasteiger partial charge in [0.1, 0.15) is 17.3 Å². The van der Waals surface area contributed by atoms with Gasteiger partial charge in [0.2, 0.25) is 5.91 Å². The first-order chi connectivity index (χ1) is 14.8. The van der Waals surface area contributed by atoms with E-state index in [1.807, 2.05) is 32.9 Å². The number of hydrogen-bond donors (Lipinski definition) is 0. The fourth-order valence-corrected chi connectivity index (χ4v) is 3.86. The molecule has 0 unspecified atom stereocenters. The van der Waals surface area contributed by atoms with Crippen LogP contribution >= 0.6 is 0 Å². The molecule has 6 nitrogen and oxygen atoms in total. The number of nitrogens with zero attached hydrogens (tertiary/aromatic N) is 2. The molecule has 1 aromatic carbocycles. The van der Waals surface area contributed by atoms with Crippen molar-refractivity contribution in [3.05, 3.63) is 53.5 Å². The molecule has 0 N–H and O–H groups in total. The molecule has 1 aliphatic heterocycles. The molecule has 31 heavy (non-hydrogen) atoms. The van der Waals surface area contributed by atoms with Crippen molar-refractivity contribution in [1.29, 1.82) is 0 Å². The zero-order chi connectivity index (χ0) is 22.5. The molecule has 2 amide bonds. The third kappa shape index (κ3) is 5.62. The number of carbonyl (C=O) groups is 2. The standard InChI is InChI=1S/C23H28F2N2O4/c1-15(2)27(14-18-11-10-16(3)30-18)21(28)17-7-6-12-26(13-17)22(29)19-8-4-5-9-20(19)31-23(24)25/h4-5,8-11,15,17,23H,6-7,12-14H2,1-3H3/t17-/m0/s1. The average molecular weight is 434 g/mol. The molecule has 0 saturated carbocycles. The van der Waals surface area contributed by atoms with Gasteiger partial charge >= 0.3 is 6.61 Å². The highest BCUT2D eigenvalue weighted by molar-refractivity contribution is 5.97. The number of hydrogen-bond acceptors (Lipinski definition) is 4. The van der Waals surface area contributed by atoms with Gasteiger partial charge in [0, 0.05) is 19.1 Å². The van der Waals surface area contributed by atoms with Crippen molar-refractivity contribution in [2.75, 3.05) is 13.1 Å². The first-order valence-corrected chi connectivity index (χ1v) is 10.4. The molecule has 2 heterocycles. The first-order valence-electron chi connectivity index (χ1n) is 10.4. The van der Waals surface area contributed by atoms with Crippen molar-refractivity contribution in [2.24, 2.45) is 5.92 Å². The predicted molar refractivity (Wildman–Crippen MR) is 111 cm³/mol. The highest BCUT2D eigenvalue weighted by Crippen LogP contribution is 2.26. The quantitative estimate of drug-likeness (QED) is 0.645. The van der Waals surface area contributed by atoms with Gasteiger partial charge in [-0.2, -0.15) is 8.78 Å². The van der Waals surface area contributed by atoms with Gasteiger partial charge in [-0.05, 0) is 57.9 Å². The fraction of sp³-hybridized carbons (Fsp3) is 0.478. The van der Waals surface area contributed by atoms with Crippen LogP contribution in [0, 0.1) is 12.8 Å². The van der Waals surface area contributed by atoms with E-state index in [4.69, 9.17) is 4.42 Å². The summed E-state index contributed by atoms with van der Waals surface area (Å²) in [5, 5.41) is 0. The van der Waals surface area contributed by atoms with E-state index in [0.29, 0.717) is 31.7 Å². The van der Waals surface area contributed by atoms with Crippen molar-refractivity contribution >= 4 is 11.8 Å². The monoisotopic (exact) mass is 434 g/mol. The molecule has 3 rings (SSSR count). The van der Waals surface area contributed by atoms with Gasteiger partial charge in [-0.1, -0.05) is 12.1 Å². The van der Waals surface area contributed by atoms with Crippen LogP contribution in [0.2, 0.25) is 0 Å². The van der Waals surface area contributed by atoms with Crippen LogP contribution in [0.4, 0.5) is 8.78 Å². The van der Waals surface area contributed by atoms with Gasteiger partial charge in [0.25, 0.3) is 5.91 Å². The number of amides is 2. The van der Waals surface area contributed by atoms with Gasteiger partial charge in [0.15, 0.2) is 0 Å². The van der Waals surface area contributed by atoms with E-state index in [0.717, 1.165) is 5.76 Å². The maximum Gasteiger partial charge on any atom is 0.387 e.